The van der Waals surface area contributed by atoms with E-state index in [1.807, 2.05) is 6.07 Å². The van der Waals surface area contributed by atoms with Crippen LogP contribution in [-0.2, 0) is 0 Å². The van der Waals surface area contributed by atoms with E-state index in [1.54, 1.807) is 6.07 Å². The minimum Gasteiger partial charge on any atom is -0.372 e. The first-order valence-corrected chi connectivity index (χ1v) is 8.90. The van der Waals surface area contributed by atoms with Crippen molar-refractivity contribution < 1.29 is 4.39 Å². The van der Waals surface area contributed by atoms with Gasteiger partial charge < -0.3 is 4.90 Å². The van der Waals surface area contributed by atoms with Gasteiger partial charge in [0.1, 0.15) is 5.82 Å². The summed E-state index contributed by atoms with van der Waals surface area (Å²) >= 11 is 5.82. The fraction of sp³-hybridized carbons (Fsp3) is 0.667. The Morgan fingerprint density at radius 2 is 1.95 bits per heavy atom. The largest absolute Gasteiger partial charge is 0.372 e. The molecular formula is C18H27ClFN. The highest BCUT2D eigenvalue weighted by Crippen LogP contribution is 2.32. The summed E-state index contributed by atoms with van der Waals surface area (Å²) < 4.78 is 14.3. The molecule has 1 aromatic carbocycles. The molecule has 0 saturated carbocycles. The Balaban J connectivity index is 2.19. The molecule has 0 radical (unpaired) electrons. The lowest BCUT2D eigenvalue weighted by Gasteiger charge is -2.30. The first-order chi connectivity index (χ1) is 10.3. The summed E-state index contributed by atoms with van der Waals surface area (Å²) in [7, 11) is 0. The molecule has 0 aromatic heterocycles. The molecule has 1 heterocycles. The van der Waals surface area contributed by atoms with Gasteiger partial charge in [0, 0.05) is 24.7 Å². The third-order valence-corrected chi connectivity index (χ3v) is 4.73. The molecule has 118 valence electrons. The molecule has 0 spiro atoms. The summed E-state index contributed by atoms with van der Waals surface area (Å²) in [4.78, 5) is 2.40. The van der Waals surface area contributed by atoms with E-state index in [9.17, 15) is 4.39 Å². The minimum absolute atomic E-state index is 0.0521. The monoisotopic (exact) mass is 311 g/mol. The number of hydrogen-bond acceptors (Lipinski definition) is 1. The van der Waals surface area contributed by atoms with Crippen LogP contribution in [0.5, 0.6) is 0 Å². The van der Waals surface area contributed by atoms with Crippen LogP contribution in [0.15, 0.2) is 18.2 Å². The van der Waals surface area contributed by atoms with Crippen LogP contribution in [0, 0.1) is 5.82 Å². The van der Waals surface area contributed by atoms with Gasteiger partial charge in [-0.15, -0.1) is 11.6 Å². The van der Waals surface area contributed by atoms with Crippen LogP contribution in [0.3, 0.4) is 0 Å². The minimum atomic E-state index is -0.0521. The average Bonchev–Trinajstić information content (AvgIpc) is 2.53. The van der Waals surface area contributed by atoms with Gasteiger partial charge in [-0.25, -0.2) is 4.39 Å². The van der Waals surface area contributed by atoms with Gasteiger partial charge in [-0.05, 0) is 68.2 Å². The quantitative estimate of drug-likeness (QED) is 0.582. The fourth-order valence-corrected chi connectivity index (χ4v) is 3.47. The van der Waals surface area contributed by atoms with Crippen LogP contribution in [0.25, 0.3) is 0 Å². The van der Waals surface area contributed by atoms with E-state index in [1.165, 1.54) is 24.9 Å². The number of halogens is 2. The number of rotatable bonds is 7. The van der Waals surface area contributed by atoms with Crippen molar-refractivity contribution in [1.82, 2.24) is 0 Å². The molecule has 1 aliphatic heterocycles. The summed E-state index contributed by atoms with van der Waals surface area (Å²) in [5, 5.41) is 0. The second kappa shape index (κ2) is 8.63. The molecule has 3 heteroatoms. The molecule has 1 aliphatic rings. The lowest BCUT2D eigenvalue weighted by Crippen LogP contribution is -2.29. The van der Waals surface area contributed by atoms with Crippen molar-refractivity contribution in [1.29, 1.82) is 0 Å². The van der Waals surface area contributed by atoms with Crippen molar-refractivity contribution in [2.24, 2.45) is 0 Å². The zero-order valence-corrected chi connectivity index (χ0v) is 13.8. The van der Waals surface area contributed by atoms with E-state index < -0.39 is 0 Å². The Hall–Kier alpha value is -0.760. The molecule has 1 nitrogen and oxygen atoms in total. The van der Waals surface area contributed by atoms with Crippen molar-refractivity contribution in [3.05, 3.63) is 29.6 Å². The van der Waals surface area contributed by atoms with Crippen molar-refractivity contribution in [2.45, 2.75) is 57.8 Å². The molecule has 0 bridgehead atoms. The lowest BCUT2D eigenvalue weighted by atomic mass is 9.89. The highest BCUT2D eigenvalue weighted by molar-refractivity contribution is 6.17. The molecule has 1 saturated heterocycles. The van der Waals surface area contributed by atoms with Gasteiger partial charge >= 0.3 is 0 Å². The third-order valence-electron chi connectivity index (χ3n) is 4.46. The van der Waals surface area contributed by atoms with E-state index in [2.05, 4.69) is 17.9 Å². The molecular weight excluding hydrogens is 285 g/mol. The molecule has 1 fully saturated rings. The third kappa shape index (κ3) is 4.60. The van der Waals surface area contributed by atoms with Crippen LogP contribution >= 0.6 is 11.6 Å². The van der Waals surface area contributed by atoms with E-state index in [-0.39, 0.29) is 5.82 Å². The smallest absolute Gasteiger partial charge is 0.126 e. The number of nitrogens with zero attached hydrogens (tertiary/aromatic N) is 1. The number of alkyl halides is 1. The molecule has 1 aromatic rings. The van der Waals surface area contributed by atoms with Gasteiger partial charge in [-0.3, -0.25) is 0 Å². The summed E-state index contributed by atoms with van der Waals surface area (Å²) in [5.74, 6) is 0.912. The molecule has 0 aliphatic carbocycles. The number of piperidine rings is 1. The Bertz CT molecular complexity index is 429. The first kappa shape index (κ1) is 16.6. The van der Waals surface area contributed by atoms with E-state index in [0.717, 1.165) is 44.3 Å². The standard InChI is InChI=1S/C18H27ClFN/c1-2-7-15(8-6-11-19)17-14-16(9-10-18(17)20)21-12-4-3-5-13-21/h9-10,14-15H,2-8,11-13H2,1H3. The van der Waals surface area contributed by atoms with E-state index >= 15 is 0 Å². The van der Waals surface area contributed by atoms with Crippen LogP contribution in [-0.4, -0.2) is 19.0 Å². The number of benzene rings is 1. The van der Waals surface area contributed by atoms with Crippen LogP contribution < -0.4 is 4.90 Å². The van der Waals surface area contributed by atoms with Crippen molar-refractivity contribution in [3.8, 4) is 0 Å². The first-order valence-electron chi connectivity index (χ1n) is 8.36. The molecule has 1 atom stereocenters. The van der Waals surface area contributed by atoms with Crippen LogP contribution in [0.1, 0.15) is 63.4 Å². The summed E-state index contributed by atoms with van der Waals surface area (Å²) in [6.07, 6.45) is 7.88. The molecule has 21 heavy (non-hydrogen) atoms. The average molecular weight is 312 g/mol. The van der Waals surface area contributed by atoms with Gasteiger partial charge in [0.15, 0.2) is 0 Å². The predicted octanol–water partition coefficient (Wildman–Crippen LogP) is 5.72. The zero-order valence-electron chi connectivity index (χ0n) is 13.1. The number of anilines is 1. The van der Waals surface area contributed by atoms with Crippen LogP contribution in [0.4, 0.5) is 10.1 Å². The van der Waals surface area contributed by atoms with Crippen molar-refractivity contribution in [2.75, 3.05) is 23.9 Å². The number of hydrogen-bond donors (Lipinski definition) is 0. The highest BCUT2D eigenvalue weighted by atomic mass is 35.5. The Labute approximate surface area is 133 Å². The maximum Gasteiger partial charge on any atom is 0.126 e. The molecule has 0 N–H and O–H groups in total. The maximum absolute atomic E-state index is 14.3. The van der Waals surface area contributed by atoms with Gasteiger partial charge in [-0.2, -0.15) is 0 Å². The SMILES string of the molecule is CCCC(CCCCl)c1cc(N2CCCCC2)ccc1F. The van der Waals surface area contributed by atoms with E-state index in [0.29, 0.717) is 11.8 Å². The van der Waals surface area contributed by atoms with Crippen molar-refractivity contribution in [3.63, 3.8) is 0 Å². The Morgan fingerprint density at radius 3 is 2.62 bits per heavy atom. The fourth-order valence-electron chi connectivity index (χ4n) is 3.32. The highest BCUT2D eigenvalue weighted by Gasteiger charge is 2.18. The van der Waals surface area contributed by atoms with Gasteiger partial charge in [0.25, 0.3) is 0 Å². The maximum atomic E-state index is 14.3. The second-order valence-electron chi connectivity index (χ2n) is 6.07. The molecule has 0 amide bonds. The van der Waals surface area contributed by atoms with E-state index in [4.69, 9.17) is 11.6 Å². The zero-order chi connectivity index (χ0) is 15.1. The summed E-state index contributed by atoms with van der Waals surface area (Å²) in [6, 6.07) is 5.69. The summed E-state index contributed by atoms with van der Waals surface area (Å²) in [6.45, 7) is 4.37. The van der Waals surface area contributed by atoms with Gasteiger partial charge in [0.2, 0.25) is 0 Å². The second-order valence-corrected chi connectivity index (χ2v) is 6.45. The molecule has 1 unspecified atom stereocenters. The normalized spacial score (nSPS) is 17.0. The topological polar surface area (TPSA) is 3.24 Å². The Kier molecular flexibility index (Phi) is 6.82. The Morgan fingerprint density at radius 1 is 1.19 bits per heavy atom. The van der Waals surface area contributed by atoms with Crippen molar-refractivity contribution >= 4 is 17.3 Å². The van der Waals surface area contributed by atoms with Gasteiger partial charge in [-0.1, -0.05) is 13.3 Å². The van der Waals surface area contributed by atoms with Crippen LogP contribution in [0.2, 0.25) is 0 Å². The predicted molar refractivity (Wildman–Crippen MR) is 90.1 cm³/mol. The lowest BCUT2D eigenvalue weighted by molar-refractivity contribution is 0.519. The van der Waals surface area contributed by atoms with Gasteiger partial charge in [0.05, 0.1) is 0 Å². The summed E-state index contributed by atoms with van der Waals surface area (Å²) in [5.41, 5.74) is 2.09. The molecule has 2 rings (SSSR count).